The number of thiophene rings is 1. The molecular weight excluding hydrogens is 522 g/mol. The van der Waals surface area contributed by atoms with Gasteiger partial charge in [-0.15, -0.1) is 21.5 Å². The van der Waals surface area contributed by atoms with Crippen LogP contribution in [0.3, 0.4) is 0 Å². The number of amides is 1. The maximum Gasteiger partial charge on any atom is 0.349 e. The number of nitrogens with zero attached hydrogens (tertiary/aromatic N) is 4. The van der Waals surface area contributed by atoms with Crippen molar-refractivity contribution in [2.45, 2.75) is 70.9 Å². The second-order valence-corrected chi connectivity index (χ2v) is 11.5. The molecule has 198 valence electrons. The van der Waals surface area contributed by atoms with Crippen molar-refractivity contribution in [3.63, 3.8) is 0 Å². The van der Waals surface area contributed by atoms with Gasteiger partial charge in [0.1, 0.15) is 27.4 Å². The van der Waals surface area contributed by atoms with Crippen LogP contribution in [0.25, 0.3) is 10.2 Å². The fraction of sp³-hybridized carbons (Fsp3) is 0.407. The van der Waals surface area contributed by atoms with E-state index in [2.05, 4.69) is 20.5 Å². The zero-order valence-corrected chi connectivity index (χ0v) is 22.9. The third-order valence-electron chi connectivity index (χ3n) is 6.92. The Bertz CT molecular complexity index is 1500. The van der Waals surface area contributed by atoms with E-state index in [1.807, 2.05) is 37.3 Å². The molecule has 0 saturated heterocycles. The van der Waals surface area contributed by atoms with E-state index in [4.69, 9.17) is 4.74 Å². The Hall–Kier alpha value is -3.44. The van der Waals surface area contributed by atoms with Crippen LogP contribution in [-0.2, 0) is 16.1 Å². The van der Waals surface area contributed by atoms with Crippen molar-refractivity contribution in [2.24, 2.45) is 0 Å². The first-order valence-electron chi connectivity index (χ1n) is 12.8. The van der Waals surface area contributed by atoms with E-state index in [1.165, 1.54) is 41.5 Å². The van der Waals surface area contributed by atoms with Crippen LogP contribution in [-0.4, -0.2) is 31.6 Å². The van der Waals surface area contributed by atoms with Gasteiger partial charge in [0.2, 0.25) is 11.0 Å². The van der Waals surface area contributed by atoms with Crippen LogP contribution < -0.4 is 10.9 Å². The highest BCUT2D eigenvalue weighted by Gasteiger charge is 2.26. The molecule has 9 nitrogen and oxygen atoms in total. The van der Waals surface area contributed by atoms with Crippen LogP contribution in [0.5, 0.6) is 0 Å². The van der Waals surface area contributed by atoms with E-state index in [1.54, 1.807) is 6.92 Å². The summed E-state index contributed by atoms with van der Waals surface area (Å²) in [5.41, 5.74) is 1.01. The summed E-state index contributed by atoms with van der Waals surface area (Å²) in [7, 11) is 0. The van der Waals surface area contributed by atoms with Crippen LogP contribution in [0.1, 0.15) is 83.2 Å². The molecule has 1 fully saturated rings. The number of esters is 1. The lowest BCUT2D eigenvalue weighted by molar-refractivity contribution is -0.119. The largest absolute Gasteiger partial charge is 0.457 e. The third-order valence-corrected chi connectivity index (χ3v) is 9.11. The van der Waals surface area contributed by atoms with Crippen LogP contribution in [0.15, 0.2) is 41.5 Å². The summed E-state index contributed by atoms with van der Waals surface area (Å²) in [5, 5.41) is 13.0. The smallest absolute Gasteiger partial charge is 0.349 e. The number of aromatic nitrogens is 4. The summed E-state index contributed by atoms with van der Waals surface area (Å²) < 4.78 is 6.81. The molecular formula is C27H29N5O4S2. The van der Waals surface area contributed by atoms with Crippen molar-refractivity contribution >= 4 is 49.9 Å². The third kappa shape index (κ3) is 5.39. The number of carbonyl (C=O) groups is 2. The molecule has 5 rings (SSSR count). The molecule has 1 aliphatic rings. The Balaban J connectivity index is 1.34. The second-order valence-electron chi connectivity index (χ2n) is 9.45. The fourth-order valence-corrected chi connectivity index (χ4v) is 6.79. The summed E-state index contributed by atoms with van der Waals surface area (Å²) in [5.74, 6) is -0.453. The molecule has 0 aliphatic heterocycles. The van der Waals surface area contributed by atoms with Crippen molar-refractivity contribution in [1.82, 2.24) is 19.7 Å². The normalized spacial score (nSPS) is 14.9. The molecule has 1 atom stereocenters. The van der Waals surface area contributed by atoms with E-state index >= 15 is 0 Å². The quantitative estimate of drug-likeness (QED) is 0.283. The number of nitrogens with one attached hydrogen (secondary N) is 1. The topological polar surface area (TPSA) is 116 Å². The first-order chi connectivity index (χ1) is 18.5. The molecule has 1 unspecified atom stereocenters. The molecule has 1 amide bonds. The number of aryl methyl sites for hydroxylation is 1. The van der Waals surface area contributed by atoms with Gasteiger partial charge in [-0.25, -0.2) is 9.78 Å². The average Bonchev–Trinajstić information content (AvgIpc) is 3.54. The van der Waals surface area contributed by atoms with Gasteiger partial charge in [-0.1, -0.05) is 67.9 Å². The highest BCUT2D eigenvalue weighted by Crippen LogP contribution is 2.35. The Morgan fingerprint density at radius 2 is 1.89 bits per heavy atom. The van der Waals surface area contributed by atoms with Crippen molar-refractivity contribution in [1.29, 1.82) is 0 Å². The molecule has 4 aromatic rings. The van der Waals surface area contributed by atoms with Gasteiger partial charge in [0.25, 0.3) is 5.56 Å². The number of rotatable bonds is 8. The minimum absolute atomic E-state index is 0.136. The van der Waals surface area contributed by atoms with Gasteiger partial charge in [-0.2, -0.15) is 0 Å². The predicted molar refractivity (Wildman–Crippen MR) is 148 cm³/mol. The molecule has 38 heavy (non-hydrogen) atoms. The molecule has 0 radical (unpaired) electrons. The summed E-state index contributed by atoms with van der Waals surface area (Å²) in [6.45, 7) is 3.68. The minimum Gasteiger partial charge on any atom is -0.457 e. The second kappa shape index (κ2) is 11.5. The fourth-order valence-electron chi connectivity index (χ4n) is 4.84. The highest BCUT2D eigenvalue weighted by atomic mass is 32.1. The number of hydrogen-bond donors (Lipinski definition) is 1. The first-order valence-corrected chi connectivity index (χ1v) is 14.4. The Morgan fingerprint density at radius 1 is 1.13 bits per heavy atom. The van der Waals surface area contributed by atoms with Gasteiger partial charge in [0.15, 0.2) is 0 Å². The predicted octanol–water partition coefficient (Wildman–Crippen LogP) is 5.61. The SMILES string of the molecule is CCC(C(=O)Nc1nnc(C2CCCCC2)s1)n1cnc2sc(C(=O)OCc3ccccc3)c(C)c2c1=O. The highest BCUT2D eigenvalue weighted by molar-refractivity contribution is 7.20. The minimum atomic E-state index is -0.783. The maximum atomic E-state index is 13.5. The standard InChI is InChI=1S/C27H29N5O4S2/c1-3-19(22(33)29-27-31-30-23(38-27)18-12-8-5-9-13-18)32-15-28-24-20(25(32)34)16(2)21(37-24)26(35)36-14-17-10-6-4-7-11-17/h4,6-7,10-11,15,18-19H,3,5,8-9,12-14H2,1-2H3,(H,29,31,33). The number of fused-ring (bicyclic) bond motifs is 1. The lowest BCUT2D eigenvalue weighted by Crippen LogP contribution is -2.33. The Labute approximate surface area is 227 Å². The van der Waals surface area contributed by atoms with E-state index in [9.17, 15) is 14.4 Å². The molecule has 3 heterocycles. The van der Waals surface area contributed by atoms with Crippen molar-refractivity contribution in [3.8, 4) is 0 Å². The van der Waals surface area contributed by atoms with Crippen LogP contribution in [0.4, 0.5) is 5.13 Å². The van der Waals surface area contributed by atoms with Gasteiger partial charge in [-0.05, 0) is 37.3 Å². The van der Waals surface area contributed by atoms with E-state index in [0.29, 0.717) is 38.1 Å². The molecule has 0 bridgehead atoms. The van der Waals surface area contributed by atoms with Crippen molar-refractivity contribution in [2.75, 3.05) is 5.32 Å². The number of anilines is 1. The van der Waals surface area contributed by atoms with Gasteiger partial charge in [-0.3, -0.25) is 19.5 Å². The van der Waals surface area contributed by atoms with Gasteiger partial charge in [0, 0.05) is 5.92 Å². The number of hydrogen-bond acceptors (Lipinski definition) is 9. The zero-order valence-electron chi connectivity index (χ0n) is 21.3. The number of carbonyl (C=O) groups excluding carboxylic acids is 2. The van der Waals surface area contributed by atoms with Crippen molar-refractivity contribution < 1.29 is 14.3 Å². The molecule has 11 heteroatoms. The number of benzene rings is 1. The van der Waals surface area contributed by atoms with Crippen LogP contribution in [0, 0.1) is 6.92 Å². The van der Waals surface area contributed by atoms with E-state index in [0.717, 1.165) is 34.7 Å². The maximum absolute atomic E-state index is 13.5. The lowest BCUT2D eigenvalue weighted by atomic mass is 9.90. The summed E-state index contributed by atoms with van der Waals surface area (Å²) in [4.78, 5) is 44.7. The first kappa shape index (κ1) is 26.2. The summed E-state index contributed by atoms with van der Waals surface area (Å²) in [6, 6.07) is 8.61. The number of ether oxygens (including phenoxy) is 1. The molecule has 1 aromatic carbocycles. The average molecular weight is 552 g/mol. The molecule has 1 N–H and O–H groups in total. The van der Waals surface area contributed by atoms with Crippen molar-refractivity contribution in [3.05, 3.63) is 68.0 Å². The molecule has 3 aromatic heterocycles. The zero-order chi connectivity index (χ0) is 26.6. The summed E-state index contributed by atoms with van der Waals surface area (Å²) >= 11 is 2.52. The van der Waals surface area contributed by atoms with E-state index in [-0.39, 0.29) is 18.1 Å². The Morgan fingerprint density at radius 3 is 2.63 bits per heavy atom. The van der Waals surface area contributed by atoms with Gasteiger partial charge in [0.05, 0.1) is 11.7 Å². The molecule has 1 aliphatic carbocycles. The lowest BCUT2D eigenvalue weighted by Gasteiger charge is -2.18. The van der Waals surface area contributed by atoms with Crippen LogP contribution in [0.2, 0.25) is 0 Å². The monoisotopic (exact) mass is 551 g/mol. The van der Waals surface area contributed by atoms with Gasteiger partial charge < -0.3 is 4.74 Å². The molecule has 1 saturated carbocycles. The molecule has 0 spiro atoms. The Kier molecular flexibility index (Phi) is 7.94. The van der Waals surface area contributed by atoms with Gasteiger partial charge >= 0.3 is 5.97 Å². The van der Waals surface area contributed by atoms with E-state index < -0.39 is 12.0 Å². The van der Waals surface area contributed by atoms with Crippen LogP contribution >= 0.6 is 22.7 Å². The summed E-state index contributed by atoms with van der Waals surface area (Å²) in [6.07, 6.45) is 7.59.